The number of nitrogens with zero attached hydrogens (tertiary/aromatic N) is 1. The predicted octanol–water partition coefficient (Wildman–Crippen LogP) is 0.157. The number of alkyl halides is 1. The lowest BCUT2D eigenvalue weighted by atomic mass is 10.2. The van der Waals surface area contributed by atoms with E-state index in [9.17, 15) is 4.79 Å². The van der Waals surface area contributed by atoms with E-state index in [2.05, 4.69) is 35.3 Å². The summed E-state index contributed by atoms with van der Waals surface area (Å²) in [6, 6.07) is 0. The van der Waals surface area contributed by atoms with E-state index in [4.69, 9.17) is 4.74 Å². The number of carbonyl (C=O) groups excluding carboxylic acids is 1. The Labute approximate surface area is 143 Å². The van der Waals surface area contributed by atoms with Crippen LogP contribution in [0.3, 0.4) is 0 Å². The highest BCUT2D eigenvalue weighted by Crippen LogP contribution is 2.07. The van der Waals surface area contributed by atoms with Crippen molar-refractivity contribution in [3.63, 3.8) is 0 Å². The molecule has 0 aromatic carbocycles. The molecule has 1 N–H and O–H groups in total. The first-order chi connectivity index (χ1) is 8.66. The van der Waals surface area contributed by atoms with Crippen molar-refractivity contribution >= 4 is 22.0 Å². The fourth-order valence-corrected chi connectivity index (χ4v) is 2.02. The van der Waals surface area contributed by atoms with E-state index in [0.29, 0.717) is 6.54 Å². The van der Waals surface area contributed by atoms with Crippen molar-refractivity contribution in [3.05, 3.63) is 0 Å². The molecule has 0 atom stereocenters. The summed E-state index contributed by atoms with van der Waals surface area (Å²) in [5, 5.41) is 3.86. The average molecular weight is 418 g/mol. The second-order valence-electron chi connectivity index (χ2n) is 6.56. The van der Waals surface area contributed by atoms with Crippen molar-refractivity contribution in [1.82, 2.24) is 5.32 Å². The molecule has 0 aliphatic rings. The third-order valence-electron chi connectivity index (χ3n) is 2.76. The van der Waals surface area contributed by atoms with Crippen LogP contribution in [0.5, 0.6) is 0 Å². The minimum Gasteiger partial charge on any atom is -1.00 e. The van der Waals surface area contributed by atoms with Gasteiger partial charge in [0.25, 0.3) is 0 Å². The van der Waals surface area contributed by atoms with Gasteiger partial charge in [-0.1, -0.05) is 15.9 Å². The summed E-state index contributed by atoms with van der Waals surface area (Å²) in [7, 11) is 4.51. The Morgan fingerprint density at radius 1 is 1.15 bits per heavy atom. The first kappa shape index (κ1) is 22.5. The van der Waals surface area contributed by atoms with E-state index < -0.39 is 5.60 Å². The van der Waals surface area contributed by atoms with Gasteiger partial charge in [-0.3, -0.25) is 0 Å². The molecule has 0 aliphatic carbocycles. The third-order valence-corrected chi connectivity index (χ3v) is 3.32. The molecule has 0 spiro atoms. The Kier molecular flexibility index (Phi) is 12.2. The summed E-state index contributed by atoms with van der Waals surface area (Å²) in [6.07, 6.45) is 2.99. The molecule has 0 aliphatic heterocycles. The van der Waals surface area contributed by atoms with Crippen molar-refractivity contribution < 1.29 is 31.0 Å². The summed E-state index contributed by atoms with van der Waals surface area (Å²) in [6.45, 7) is 8.63. The topological polar surface area (TPSA) is 38.3 Å². The number of unbranched alkanes of at least 4 members (excludes halogenated alkanes) is 1. The maximum atomic E-state index is 11.4. The number of hydrogen-bond donors (Lipinski definition) is 1. The molecular formula is C14H30Br2N2O2. The van der Waals surface area contributed by atoms with Crippen LogP contribution in [0.2, 0.25) is 0 Å². The van der Waals surface area contributed by atoms with Gasteiger partial charge in [-0.05, 0) is 33.6 Å². The van der Waals surface area contributed by atoms with Crippen molar-refractivity contribution in [3.8, 4) is 0 Å². The maximum absolute atomic E-state index is 11.4. The normalized spacial score (nSPS) is 11.7. The predicted molar refractivity (Wildman–Crippen MR) is 83.7 cm³/mol. The lowest BCUT2D eigenvalue weighted by molar-refractivity contribution is -0.890. The van der Waals surface area contributed by atoms with Gasteiger partial charge < -0.3 is 31.5 Å². The molecule has 20 heavy (non-hydrogen) atoms. The number of quaternary nitrogens is 1. The van der Waals surface area contributed by atoms with Gasteiger partial charge in [0.15, 0.2) is 0 Å². The minimum atomic E-state index is -0.418. The molecule has 0 unspecified atom stereocenters. The summed E-state index contributed by atoms with van der Waals surface area (Å²) in [5.41, 5.74) is -0.418. The van der Waals surface area contributed by atoms with Gasteiger partial charge in [-0.25, -0.2) is 4.79 Å². The number of carbonyl (C=O) groups is 1. The van der Waals surface area contributed by atoms with Crippen LogP contribution in [0.4, 0.5) is 4.79 Å². The van der Waals surface area contributed by atoms with Crippen LogP contribution in [0.1, 0.15) is 40.0 Å². The zero-order valence-electron chi connectivity index (χ0n) is 13.5. The lowest BCUT2D eigenvalue weighted by Gasteiger charge is -2.29. The number of amides is 1. The van der Waals surface area contributed by atoms with Gasteiger partial charge in [0.1, 0.15) is 5.60 Å². The third kappa shape index (κ3) is 14.6. The Morgan fingerprint density at radius 2 is 1.70 bits per heavy atom. The first-order valence-corrected chi connectivity index (χ1v) is 8.13. The van der Waals surface area contributed by atoms with E-state index in [-0.39, 0.29) is 23.1 Å². The van der Waals surface area contributed by atoms with Crippen LogP contribution in [-0.2, 0) is 4.74 Å². The standard InChI is InChI=1S/C14H29BrN2O2.BrH/c1-14(2,3)19-13(18)16-10-6-7-11-17(4,5)12-8-9-15;/h6-12H2,1-5H3;1H. The quantitative estimate of drug-likeness (QED) is 0.347. The Hall–Kier alpha value is 0.190. The second kappa shape index (κ2) is 10.9. The van der Waals surface area contributed by atoms with Crippen molar-refractivity contribution in [1.29, 1.82) is 0 Å². The largest absolute Gasteiger partial charge is 1.00 e. The molecule has 0 saturated heterocycles. The van der Waals surface area contributed by atoms with E-state index in [1.54, 1.807) is 0 Å². The van der Waals surface area contributed by atoms with Crippen molar-refractivity contribution in [2.24, 2.45) is 0 Å². The van der Waals surface area contributed by atoms with E-state index in [1.807, 2.05) is 20.8 Å². The van der Waals surface area contributed by atoms with Crippen molar-refractivity contribution in [2.75, 3.05) is 39.1 Å². The van der Waals surface area contributed by atoms with Crippen LogP contribution in [0.15, 0.2) is 0 Å². The lowest BCUT2D eigenvalue weighted by Crippen LogP contribution is -3.00. The molecule has 0 aromatic rings. The minimum absolute atomic E-state index is 0. The summed E-state index contributed by atoms with van der Waals surface area (Å²) < 4.78 is 6.22. The van der Waals surface area contributed by atoms with Crippen LogP contribution < -0.4 is 22.3 Å². The molecular weight excluding hydrogens is 388 g/mol. The molecule has 0 rings (SSSR count). The van der Waals surface area contributed by atoms with Crippen LogP contribution in [0, 0.1) is 0 Å². The molecule has 122 valence electrons. The monoisotopic (exact) mass is 416 g/mol. The van der Waals surface area contributed by atoms with Gasteiger partial charge in [0, 0.05) is 18.3 Å². The van der Waals surface area contributed by atoms with Crippen LogP contribution in [0.25, 0.3) is 0 Å². The van der Waals surface area contributed by atoms with E-state index in [0.717, 1.165) is 29.2 Å². The molecule has 1 amide bonds. The van der Waals surface area contributed by atoms with E-state index in [1.165, 1.54) is 13.0 Å². The van der Waals surface area contributed by atoms with Crippen molar-refractivity contribution in [2.45, 2.75) is 45.6 Å². The van der Waals surface area contributed by atoms with Crippen LogP contribution in [-0.4, -0.2) is 55.2 Å². The molecule has 4 nitrogen and oxygen atoms in total. The fourth-order valence-electron chi connectivity index (χ4n) is 1.77. The van der Waals surface area contributed by atoms with Crippen LogP contribution >= 0.6 is 15.9 Å². The zero-order valence-corrected chi connectivity index (χ0v) is 16.6. The van der Waals surface area contributed by atoms with E-state index >= 15 is 0 Å². The number of alkyl carbamates (subject to hydrolysis) is 1. The summed E-state index contributed by atoms with van der Waals surface area (Å²) >= 11 is 3.46. The highest BCUT2D eigenvalue weighted by Gasteiger charge is 2.16. The SMILES string of the molecule is CC(C)(C)OC(=O)NCCCC[N+](C)(C)CCCBr.[Br-]. The highest BCUT2D eigenvalue weighted by molar-refractivity contribution is 9.09. The Bertz CT molecular complexity index is 266. The number of halogens is 2. The van der Waals surface area contributed by atoms with Gasteiger partial charge in [0.05, 0.1) is 27.2 Å². The average Bonchev–Trinajstić information content (AvgIpc) is 2.23. The number of nitrogens with one attached hydrogen (secondary N) is 1. The maximum Gasteiger partial charge on any atom is 0.407 e. The Balaban J connectivity index is 0. The first-order valence-electron chi connectivity index (χ1n) is 7.01. The van der Waals surface area contributed by atoms with Gasteiger partial charge in [-0.15, -0.1) is 0 Å². The molecule has 0 bridgehead atoms. The smallest absolute Gasteiger partial charge is 0.407 e. The number of hydrogen-bond acceptors (Lipinski definition) is 2. The molecule has 0 aromatic heterocycles. The number of ether oxygens (including phenoxy) is 1. The molecule has 0 heterocycles. The second-order valence-corrected chi connectivity index (χ2v) is 7.35. The Morgan fingerprint density at radius 3 is 2.20 bits per heavy atom. The van der Waals surface area contributed by atoms with Gasteiger partial charge in [0.2, 0.25) is 0 Å². The highest BCUT2D eigenvalue weighted by atomic mass is 79.9. The molecule has 6 heteroatoms. The van der Waals surface area contributed by atoms with Gasteiger partial charge >= 0.3 is 6.09 Å². The number of rotatable bonds is 8. The summed E-state index contributed by atoms with van der Waals surface area (Å²) in [4.78, 5) is 11.4. The molecule has 0 saturated carbocycles. The zero-order chi connectivity index (χ0) is 14.9. The summed E-state index contributed by atoms with van der Waals surface area (Å²) in [5.74, 6) is 0. The van der Waals surface area contributed by atoms with Gasteiger partial charge in [-0.2, -0.15) is 0 Å². The molecule has 0 fully saturated rings. The molecule has 0 radical (unpaired) electrons. The fraction of sp³-hybridized carbons (Fsp3) is 0.929.